The number of nitrogens with two attached hydrogens (primary N) is 1. The number of ether oxygens (including phenoxy) is 1. The fraction of sp³-hybridized carbons (Fsp3) is 0.333. The van der Waals surface area contributed by atoms with E-state index in [4.69, 9.17) is 20.7 Å². The minimum absolute atomic E-state index is 0.0639. The monoisotopic (exact) mass is 253 g/mol. The predicted molar refractivity (Wildman–Crippen MR) is 64.6 cm³/mol. The van der Waals surface area contributed by atoms with Crippen molar-refractivity contribution in [2.75, 3.05) is 18.9 Å². The van der Waals surface area contributed by atoms with Gasteiger partial charge in [0.2, 0.25) is 0 Å². The van der Waals surface area contributed by atoms with Crippen LogP contribution in [0.15, 0.2) is 18.2 Å². The van der Waals surface area contributed by atoms with Crippen molar-refractivity contribution in [2.24, 2.45) is 0 Å². The number of nitrogen functional groups attached to an aromatic ring is 1. The third-order valence-electron chi connectivity index (χ3n) is 2.25. The maximum atomic E-state index is 11.6. The van der Waals surface area contributed by atoms with E-state index in [0.29, 0.717) is 11.3 Å². The topological polar surface area (TPSA) is 110 Å². The summed E-state index contributed by atoms with van der Waals surface area (Å²) in [6, 6.07) is 4.49. The van der Waals surface area contributed by atoms with Crippen LogP contribution in [0.3, 0.4) is 0 Å². The molecule has 0 radical (unpaired) electrons. The van der Waals surface area contributed by atoms with E-state index < -0.39 is 5.97 Å². The van der Waals surface area contributed by atoms with E-state index in [1.54, 1.807) is 0 Å². The highest BCUT2D eigenvalue weighted by Gasteiger charge is 2.10. The number of carbonyl (C=O) groups is 2. The minimum atomic E-state index is -1.01. The molecule has 0 heterocycles. The van der Waals surface area contributed by atoms with Gasteiger partial charge in [0.15, 0.2) is 5.78 Å². The number of rotatable bonds is 7. The van der Waals surface area contributed by atoms with Gasteiger partial charge in [0, 0.05) is 12.0 Å². The molecule has 0 aromatic heterocycles. The molecule has 0 amide bonds. The van der Waals surface area contributed by atoms with E-state index in [-0.39, 0.29) is 37.5 Å². The number of aliphatic hydroxyl groups is 1. The average Bonchev–Trinajstić information content (AvgIpc) is 2.34. The summed E-state index contributed by atoms with van der Waals surface area (Å²) < 4.78 is 5.14. The van der Waals surface area contributed by atoms with Gasteiger partial charge in [-0.15, -0.1) is 0 Å². The number of anilines is 1. The van der Waals surface area contributed by atoms with Crippen LogP contribution in [-0.4, -0.2) is 35.2 Å². The summed E-state index contributed by atoms with van der Waals surface area (Å²) in [4.78, 5) is 22.0. The molecular weight excluding hydrogens is 238 g/mol. The van der Waals surface area contributed by atoms with Crippen molar-refractivity contribution in [3.63, 3.8) is 0 Å². The summed E-state index contributed by atoms with van der Waals surface area (Å²) in [6.07, 6.45) is -0.271. The van der Waals surface area contributed by atoms with Gasteiger partial charge in [-0.1, -0.05) is 0 Å². The smallest absolute Gasteiger partial charge is 0.303 e. The minimum Gasteiger partial charge on any atom is -0.489 e. The van der Waals surface area contributed by atoms with Crippen LogP contribution in [0.25, 0.3) is 0 Å². The second-order valence-corrected chi connectivity index (χ2v) is 3.64. The molecule has 6 nitrogen and oxygen atoms in total. The molecule has 0 unspecified atom stereocenters. The molecule has 0 fully saturated rings. The molecule has 0 spiro atoms. The molecule has 98 valence electrons. The van der Waals surface area contributed by atoms with Crippen LogP contribution in [0, 0.1) is 0 Å². The zero-order valence-electron chi connectivity index (χ0n) is 9.76. The summed E-state index contributed by atoms with van der Waals surface area (Å²) in [5.41, 5.74) is 6.31. The van der Waals surface area contributed by atoms with Crippen molar-refractivity contribution < 1.29 is 24.5 Å². The van der Waals surface area contributed by atoms with Crippen molar-refractivity contribution in [3.8, 4) is 5.75 Å². The Balaban J connectivity index is 2.71. The molecule has 0 saturated carbocycles. The fourth-order valence-electron chi connectivity index (χ4n) is 1.37. The highest BCUT2D eigenvalue weighted by atomic mass is 16.5. The van der Waals surface area contributed by atoms with Gasteiger partial charge in [0.1, 0.15) is 12.4 Å². The number of carboxylic acids is 1. The molecule has 0 aliphatic carbocycles. The van der Waals surface area contributed by atoms with Crippen molar-refractivity contribution in [2.45, 2.75) is 12.8 Å². The average molecular weight is 253 g/mol. The van der Waals surface area contributed by atoms with Gasteiger partial charge in [0.25, 0.3) is 0 Å². The van der Waals surface area contributed by atoms with Crippen molar-refractivity contribution in [1.82, 2.24) is 0 Å². The van der Waals surface area contributed by atoms with Crippen LogP contribution < -0.4 is 10.5 Å². The number of ketones is 1. The standard InChI is InChI=1S/C12H15NO5/c13-9-7-8(10(15)2-4-12(16)17)1-3-11(9)18-6-5-14/h1,3,7,14H,2,4-6,13H2,(H,16,17). The second kappa shape index (κ2) is 6.61. The number of aliphatic carboxylic acids is 1. The number of aliphatic hydroxyl groups excluding tert-OH is 1. The summed E-state index contributed by atoms with van der Waals surface area (Å²) >= 11 is 0. The molecule has 0 atom stereocenters. The van der Waals surface area contributed by atoms with Crippen molar-refractivity contribution >= 4 is 17.4 Å². The number of carboxylic acid groups (broad SMARTS) is 1. The molecule has 0 aliphatic rings. The zero-order valence-corrected chi connectivity index (χ0v) is 9.76. The zero-order chi connectivity index (χ0) is 13.5. The molecule has 0 saturated heterocycles. The molecule has 18 heavy (non-hydrogen) atoms. The van der Waals surface area contributed by atoms with Gasteiger partial charge in [-0.3, -0.25) is 9.59 Å². The van der Waals surface area contributed by atoms with Crippen LogP contribution in [0.4, 0.5) is 5.69 Å². The van der Waals surface area contributed by atoms with E-state index in [9.17, 15) is 9.59 Å². The number of benzene rings is 1. The Kier molecular flexibility index (Phi) is 5.13. The molecule has 1 aromatic rings. The van der Waals surface area contributed by atoms with E-state index in [1.807, 2.05) is 0 Å². The number of Topliss-reactive ketones (excluding diaryl/α,β-unsaturated/α-hetero) is 1. The quantitative estimate of drug-likeness (QED) is 0.487. The van der Waals surface area contributed by atoms with Gasteiger partial charge < -0.3 is 20.7 Å². The first-order valence-corrected chi connectivity index (χ1v) is 5.42. The maximum absolute atomic E-state index is 11.6. The number of carbonyl (C=O) groups excluding carboxylic acids is 1. The number of hydrogen-bond donors (Lipinski definition) is 3. The second-order valence-electron chi connectivity index (χ2n) is 3.64. The van der Waals surface area contributed by atoms with E-state index in [0.717, 1.165) is 0 Å². The molecule has 6 heteroatoms. The third kappa shape index (κ3) is 4.06. The Hall–Kier alpha value is -2.08. The van der Waals surface area contributed by atoms with Gasteiger partial charge in [-0.25, -0.2) is 0 Å². The van der Waals surface area contributed by atoms with E-state index in [1.165, 1.54) is 18.2 Å². The number of hydrogen-bond acceptors (Lipinski definition) is 5. The first-order valence-electron chi connectivity index (χ1n) is 5.42. The lowest BCUT2D eigenvalue weighted by Crippen LogP contribution is -2.07. The van der Waals surface area contributed by atoms with Crippen LogP contribution in [0.1, 0.15) is 23.2 Å². The van der Waals surface area contributed by atoms with E-state index in [2.05, 4.69) is 0 Å². The van der Waals surface area contributed by atoms with E-state index >= 15 is 0 Å². The highest BCUT2D eigenvalue weighted by Crippen LogP contribution is 2.23. The van der Waals surface area contributed by atoms with Crippen molar-refractivity contribution in [1.29, 1.82) is 0 Å². The molecule has 1 aromatic carbocycles. The van der Waals surface area contributed by atoms with Gasteiger partial charge >= 0.3 is 5.97 Å². The first-order chi connectivity index (χ1) is 8.54. The summed E-state index contributed by atoms with van der Waals surface area (Å²) in [5.74, 6) is -0.907. The Bertz CT molecular complexity index is 444. The largest absolute Gasteiger partial charge is 0.489 e. The third-order valence-corrected chi connectivity index (χ3v) is 2.25. The highest BCUT2D eigenvalue weighted by molar-refractivity contribution is 5.98. The summed E-state index contributed by atoms with van der Waals surface area (Å²) in [6.45, 7) is -0.00472. The molecule has 0 bridgehead atoms. The molecule has 1 rings (SSSR count). The molecule has 0 aliphatic heterocycles. The van der Waals surface area contributed by atoms with Crippen molar-refractivity contribution in [3.05, 3.63) is 23.8 Å². The predicted octanol–water partition coefficient (Wildman–Crippen LogP) is 0.687. The Morgan fingerprint density at radius 2 is 2.00 bits per heavy atom. The van der Waals surface area contributed by atoms with Gasteiger partial charge in [-0.05, 0) is 18.2 Å². The Labute approximate surface area is 104 Å². The van der Waals surface area contributed by atoms with Gasteiger partial charge in [-0.2, -0.15) is 0 Å². The Morgan fingerprint density at radius 3 is 2.56 bits per heavy atom. The summed E-state index contributed by atoms with van der Waals surface area (Å²) in [7, 11) is 0. The van der Waals surface area contributed by atoms with Crippen LogP contribution in [-0.2, 0) is 4.79 Å². The maximum Gasteiger partial charge on any atom is 0.303 e. The Morgan fingerprint density at radius 1 is 1.28 bits per heavy atom. The van der Waals surface area contributed by atoms with Gasteiger partial charge in [0.05, 0.1) is 18.7 Å². The lowest BCUT2D eigenvalue weighted by atomic mass is 10.1. The van der Waals surface area contributed by atoms with Crippen LogP contribution in [0.5, 0.6) is 5.75 Å². The van der Waals surface area contributed by atoms with Crippen LogP contribution >= 0.6 is 0 Å². The first kappa shape index (κ1) is 14.0. The summed E-state index contributed by atoms with van der Waals surface area (Å²) in [5, 5.41) is 17.1. The lowest BCUT2D eigenvalue weighted by molar-refractivity contribution is -0.136. The molecule has 4 N–H and O–H groups in total. The SMILES string of the molecule is Nc1cc(C(=O)CCC(=O)O)ccc1OCCO. The normalized spacial score (nSPS) is 10.1. The molecular formula is C12H15NO5. The fourth-order valence-corrected chi connectivity index (χ4v) is 1.37. The van der Waals surface area contributed by atoms with Crippen LogP contribution in [0.2, 0.25) is 0 Å². The lowest BCUT2D eigenvalue weighted by Gasteiger charge is -2.08.